The summed E-state index contributed by atoms with van der Waals surface area (Å²) in [5, 5.41) is 15.5. The van der Waals surface area contributed by atoms with Gasteiger partial charge >= 0.3 is 11.9 Å². The highest BCUT2D eigenvalue weighted by Gasteiger charge is 2.13. The fourth-order valence-electron chi connectivity index (χ4n) is 2.45. The second kappa shape index (κ2) is 10.4. The molecule has 3 aromatic rings. The minimum Gasteiger partial charge on any atom is -0.478 e. The molecule has 0 bridgehead atoms. The van der Waals surface area contributed by atoms with Crippen molar-refractivity contribution in [1.82, 2.24) is 9.97 Å². The molecule has 0 unspecified atom stereocenters. The Balaban J connectivity index is 0.00000320. The third kappa shape index (κ3) is 5.59. The van der Waals surface area contributed by atoms with Crippen LogP contribution in [-0.4, -0.2) is 33.6 Å². The molecule has 8 nitrogen and oxygen atoms in total. The van der Waals surface area contributed by atoms with E-state index in [1.807, 2.05) is 0 Å². The molecule has 0 aliphatic carbocycles. The summed E-state index contributed by atoms with van der Waals surface area (Å²) in [6.07, 6.45) is 1.40. The molecule has 2 aromatic carbocycles. The summed E-state index contributed by atoms with van der Waals surface area (Å²) in [5.41, 5.74) is 1.52. The van der Waals surface area contributed by atoms with Gasteiger partial charge in [0, 0.05) is 5.69 Å². The lowest BCUT2D eigenvalue weighted by molar-refractivity contribution is 0.0526. The number of rotatable bonds is 7. The second-order valence-corrected chi connectivity index (χ2v) is 6.20. The predicted octanol–water partition coefficient (Wildman–Crippen LogP) is 4.91. The van der Waals surface area contributed by atoms with Crippen LogP contribution in [0.5, 0.6) is 0 Å². The first-order valence-electron chi connectivity index (χ1n) is 8.64. The molecule has 10 heteroatoms. The quantitative estimate of drug-likeness (QED) is 0.436. The molecule has 0 fully saturated rings. The van der Waals surface area contributed by atoms with Crippen molar-refractivity contribution >= 4 is 59.1 Å². The number of aromatic nitrogens is 2. The third-order valence-electron chi connectivity index (χ3n) is 3.81. The van der Waals surface area contributed by atoms with Gasteiger partial charge in [0.15, 0.2) is 5.82 Å². The number of nitrogens with zero attached hydrogens (tertiary/aromatic N) is 2. The monoisotopic (exact) mass is 448 g/mol. The minimum atomic E-state index is -1.07. The van der Waals surface area contributed by atoms with Crippen LogP contribution in [0.3, 0.4) is 0 Å². The van der Waals surface area contributed by atoms with E-state index in [4.69, 9.17) is 16.3 Å². The number of hydrogen-bond acceptors (Lipinski definition) is 7. The van der Waals surface area contributed by atoms with Gasteiger partial charge in [-0.3, -0.25) is 0 Å². The van der Waals surface area contributed by atoms with Gasteiger partial charge in [-0.25, -0.2) is 14.6 Å². The number of carboxylic acid groups (broad SMARTS) is 1. The molecule has 3 rings (SSSR count). The Kier molecular flexibility index (Phi) is 7.97. The summed E-state index contributed by atoms with van der Waals surface area (Å²) in [6.45, 7) is 2.05. The minimum absolute atomic E-state index is 0. The van der Waals surface area contributed by atoms with Crippen LogP contribution in [0, 0.1) is 0 Å². The summed E-state index contributed by atoms with van der Waals surface area (Å²) >= 11 is 6.15. The standard InChI is InChI=1S/C20H17ClN4O4.ClH/c1-2-29-19(28)12-7-9-13(10-8-12)23-20-22-11-15(21)17(25-20)24-16-6-4-3-5-14(16)18(26)27;/h3-11H,2H2,1H3,(H,26,27)(H2,22,23,24,25);1H. The third-order valence-corrected chi connectivity index (χ3v) is 4.08. The number of ether oxygens (including phenoxy) is 1. The van der Waals surface area contributed by atoms with E-state index in [-0.39, 0.29) is 34.8 Å². The normalized spacial score (nSPS) is 9.93. The molecule has 1 heterocycles. The topological polar surface area (TPSA) is 113 Å². The van der Waals surface area contributed by atoms with Crippen molar-refractivity contribution < 1.29 is 19.4 Å². The van der Waals surface area contributed by atoms with Crippen molar-refractivity contribution in [2.45, 2.75) is 6.92 Å². The molecular weight excluding hydrogens is 431 g/mol. The second-order valence-electron chi connectivity index (χ2n) is 5.79. The molecule has 0 amide bonds. The lowest BCUT2D eigenvalue weighted by Gasteiger charge is -2.12. The number of halogens is 2. The maximum Gasteiger partial charge on any atom is 0.338 e. The van der Waals surface area contributed by atoms with Crippen molar-refractivity contribution in [3.05, 3.63) is 70.9 Å². The van der Waals surface area contributed by atoms with Crippen LogP contribution in [-0.2, 0) is 4.74 Å². The molecule has 0 radical (unpaired) electrons. The highest BCUT2D eigenvalue weighted by molar-refractivity contribution is 6.33. The van der Waals surface area contributed by atoms with Gasteiger partial charge in [-0.2, -0.15) is 4.98 Å². The number of carboxylic acids is 1. The van der Waals surface area contributed by atoms with Crippen LogP contribution in [0.2, 0.25) is 5.02 Å². The van der Waals surface area contributed by atoms with Crippen molar-refractivity contribution in [1.29, 1.82) is 0 Å². The van der Waals surface area contributed by atoms with Crippen LogP contribution < -0.4 is 10.6 Å². The Morgan fingerprint density at radius 2 is 1.80 bits per heavy atom. The number of carbonyl (C=O) groups is 2. The van der Waals surface area contributed by atoms with E-state index in [9.17, 15) is 14.7 Å². The van der Waals surface area contributed by atoms with Crippen LogP contribution in [0.1, 0.15) is 27.6 Å². The van der Waals surface area contributed by atoms with Crippen molar-refractivity contribution in [3.63, 3.8) is 0 Å². The zero-order valence-electron chi connectivity index (χ0n) is 15.8. The number of carbonyl (C=O) groups excluding carboxylic acids is 1. The van der Waals surface area contributed by atoms with Crippen LogP contribution in [0.25, 0.3) is 0 Å². The lowest BCUT2D eigenvalue weighted by atomic mass is 10.2. The number of aromatic carboxylic acids is 1. The number of para-hydroxylation sites is 1. The zero-order chi connectivity index (χ0) is 20.8. The highest BCUT2D eigenvalue weighted by Crippen LogP contribution is 2.27. The number of benzene rings is 2. The largest absolute Gasteiger partial charge is 0.478 e. The predicted molar refractivity (Wildman–Crippen MR) is 117 cm³/mol. The molecule has 1 aromatic heterocycles. The van der Waals surface area contributed by atoms with Gasteiger partial charge in [0.1, 0.15) is 5.02 Å². The van der Waals surface area contributed by atoms with Gasteiger partial charge in [0.05, 0.1) is 29.6 Å². The van der Waals surface area contributed by atoms with Crippen molar-refractivity contribution in [2.75, 3.05) is 17.2 Å². The Bertz CT molecular complexity index is 1050. The van der Waals surface area contributed by atoms with Gasteiger partial charge in [-0.05, 0) is 43.3 Å². The average molecular weight is 449 g/mol. The molecule has 0 saturated carbocycles. The lowest BCUT2D eigenvalue weighted by Crippen LogP contribution is -2.06. The van der Waals surface area contributed by atoms with Gasteiger partial charge in [0.2, 0.25) is 5.95 Å². The van der Waals surface area contributed by atoms with E-state index in [2.05, 4.69) is 20.6 Å². The Morgan fingerprint density at radius 1 is 1.10 bits per heavy atom. The van der Waals surface area contributed by atoms with Gasteiger partial charge in [-0.1, -0.05) is 23.7 Å². The molecule has 0 spiro atoms. The summed E-state index contributed by atoms with van der Waals surface area (Å²) in [7, 11) is 0. The number of hydrogen-bond donors (Lipinski definition) is 3. The zero-order valence-corrected chi connectivity index (χ0v) is 17.3. The van der Waals surface area contributed by atoms with Crippen molar-refractivity contribution in [3.8, 4) is 0 Å². The van der Waals surface area contributed by atoms with Crippen LogP contribution in [0.15, 0.2) is 54.7 Å². The van der Waals surface area contributed by atoms with Gasteiger partial charge in [0.25, 0.3) is 0 Å². The first-order chi connectivity index (χ1) is 14.0. The average Bonchev–Trinajstić information content (AvgIpc) is 2.71. The Labute approximate surface area is 183 Å². The maximum atomic E-state index is 11.7. The number of anilines is 4. The first-order valence-corrected chi connectivity index (χ1v) is 9.02. The summed E-state index contributed by atoms with van der Waals surface area (Å²) in [5.74, 6) is -0.974. The Hall–Kier alpha value is -3.36. The van der Waals surface area contributed by atoms with Gasteiger partial charge < -0.3 is 20.5 Å². The van der Waals surface area contributed by atoms with Gasteiger partial charge in [-0.15, -0.1) is 12.4 Å². The maximum absolute atomic E-state index is 11.7. The van der Waals surface area contributed by atoms with E-state index < -0.39 is 11.9 Å². The summed E-state index contributed by atoms with van der Waals surface area (Å²) < 4.78 is 4.95. The molecule has 156 valence electrons. The molecular formula is C20H18Cl2N4O4. The van der Waals surface area contributed by atoms with E-state index in [1.54, 1.807) is 49.4 Å². The smallest absolute Gasteiger partial charge is 0.338 e. The van der Waals surface area contributed by atoms with E-state index in [0.29, 0.717) is 23.5 Å². The van der Waals surface area contributed by atoms with Crippen LogP contribution >= 0.6 is 24.0 Å². The van der Waals surface area contributed by atoms with Crippen molar-refractivity contribution in [2.24, 2.45) is 0 Å². The molecule has 3 N–H and O–H groups in total. The number of nitrogens with one attached hydrogen (secondary N) is 2. The summed E-state index contributed by atoms with van der Waals surface area (Å²) in [4.78, 5) is 31.5. The van der Waals surface area contributed by atoms with Crippen LogP contribution in [0.4, 0.5) is 23.1 Å². The molecule has 0 saturated heterocycles. The number of esters is 1. The molecule has 0 aliphatic rings. The highest BCUT2D eigenvalue weighted by atomic mass is 35.5. The Morgan fingerprint density at radius 3 is 2.47 bits per heavy atom. The van der Waals surface area contributed by atoms with E-state index in [1.165, 1.54) is 12.3 Å². The van der Waals surface area contributed by atoms with E-state index in [0.717, 1.165) is 0 Å². The fourth-order valence-corrected chi connectivity index (χ4v) is 2.59. The summed E-state index contributed by atoms with van der Waals surface area (Å²) in [6, 6.07) is 13.1. The molecule has 0 atom stereocenters. The van der Waals surface area contributed by atoms with E-state index >= 15 is 0 Å². The molecule has 30 heavy (non-hydrogen) atoms. The molecule has 0 aliphatic heterocycles. The first kappa shape index (κ1) is 22.9. The SMILES string of the molecule is CCOC(=O)c1ccc(Nc2ncc(Cl)c(Nc3ccccc3C(=O)O)n2)cc1.Cl. The fraction of sp³-hybridized carbons (Fsp3) is 0.100.